The van der Waals surface area contributed by atoms with Crippen molar-refractivity contribution in [3.63, 3.8) is 0 Å². The molecule has 5 aliphatic rings. The maximum atomic E-state index is 10.5. The highest BCUT2D eigenvalue weighted by molar-refractivity contribution is 5.17. The molecule has 0 unspecified atom stereocenters. The van der Waals surface area contributed by atoms with Gasteiger partial charge in [0, 0.05) is 0 Å². The molecule has 0 bridgehead atoms. The van der Waals surface area contributed by atoms with Crippen LogP contribution in [-0.2, 0) is 4.74 Å². The molecule has 5 fully saturated rings. The van der Waals surface area contributed by atoms with Gasteiger partial charge in [-0.3, -0.25) is 0 Å². The number of nitriles is 1. The van der Waals surface area contributed by atoms with Gasteiger partial charge in [0.05, 0.1) is 24.9 Å². The van der Waals surface area contributed by atoms with Crippen molar-refractivity contribution < 1.29 is 9.84 Å². The van der Waals surface area contributed by atoms with Crippen molar-refractivity contribution in [1.82, 2.24) is 0 Å². The molecular formula is C23H35NO2. The van der Waals surface area contributed by atoms with Gasteiger partial charge in [-0.2, -0.15) is 5.26 Å². The number of hydrogen-bond donors (Lipinski definition) is 1. The quantitative estimate of drug-likeness (QED) is 0.749. The standard InChI is InChI=1S/C23H35NO2/c1-21(25)9-7-16-15(11-21)3-4-18-17(16)8-10-22(2)19(18)5-6-20(22)23(12-24)13-26-14-23/h15-20,25H,3-11,13-14H2,1-2H3/t15-,16+,17-,18-,19+,20+,21-,22+/m1/s1. The second-order valence-electron chi connectivity index (χ2n) is 11.1. The predicted molar refractivity (Wildman–Crippen MR) is 100 cm³/mol. The van der Waals surface area contributed by atoms with Gasteiger partial charge in [0.2, 0.25) is 0 Å². The maximum absolute atomic E-state index is 10.5. The van der Waals surface area contributed by atoms with Crippen LogP contribution in [0.1, 0.15) is 71.6 Å². The van der Waals surface area contributed by atoms with Crippen LogP contribution in [0.15, 0.2) is 0 Å². The van der Waals surface area contributed by atoms with Crippen molar-refractivity contribution in [2.75, 3.05) is 13.2 Å². The molecule has 8 atom stereocenters. The summed E-state index contributed by atoms with van der Waals surface area (Å²) in [5.41, 5.74) is -0.246. The van der Waals surface area contributed by atoms with Gasteiger partial charge in [-0.25, -0.2) is 0 Å². The van der Waals surface area contributed by atoms with Gasteiger partial charge < -0.3 is 9.84 Å². The molecule has 26 heavy (non-hydrogen) atoms. The van der Waals surface area contributed by atoms with Gasteiger partial charge in [-0.15, -0.1) is 0 Å². The molecule has 3 heteroatoms. The van der Waals surface area contributed by atoms with Crippen molar-refractivity contribution >= 4 is 0 Å². The number of rotatable bonds is 1. The molecule has 0 spiro atoms. The van der Waals surface area contributed by atoms with Gasteiger partial charge in [-0.1, -0.05) is 6.92 Å². The van der Waals surface area contributed by atoms with Gasteiger partial charge >= 0.3 is 0 Å². The molecule has 0 aromatic heterocycles. The zero-order chi connectivity index (χ0) is 18.2. The Labute approximate surface area is 158 Å². The molecule has 5 rings (SSSR count). The predicted octanol–water partition coefficient (Wildman–Crippen LogP) is 4.55. The molecule has 144 valence electrons. The van der Waals surface area contributed by atoms with Crippen LogP contribution in [0, 0.1) is 57.7 Å². The van der Waals surface area contributed by atoms with Crippen molar-refractivity contribution in [1.29, 1.82) is 5.26 Å². The Morgan fingerprint density at radius 2 is 1.69 bits per heavy atom. The first-order valence-corrected chi connectivity index (χ1v) is 11.1. The van der Waals surface area contributed by atoms with E-state index < -0.39 is 5.60 Å². The van der Waals surface area contributed by atoms with Crippen LogP contribution in [0.3, 0.4) is 0 Å². The highest BCUT2D eigenvalue weighted by Gasteiger charge is 2.63. The van der Waals surface area contributed by atoms with Gasteiger partial charge in [-0.05, 0) is 106 Å². The lowest BCUT2D eigenvalue weighted by atomic mass is 9.47. The van der Waals surface area contributed by atoms with Gasteiger partial charge in [0.1, 0.15) is 5.41 Å². The van der Waals surface area contributed by atoms with E-state index in [1.165, 1.54) is 44.9 Å². The fraction of sp³-hybridized carbons (Fsp3) is 0.957. The Hall–Kier alpha value is -0.590. The van der Waals surface area contributed by atoms with Gasteiger partial charge in [0.25, 0.3) is 0 Å². The average molecular weight is 358 g/mol. The largest absolute Gasteiger partial charge is 0.390 e. The molecule has 4 saturated carbocycles. The van der Waals surface area contributed by atoms with Crippen molar-refractivity contribution in [3.05, 3.63) is 0 Å². The molecule has 1 saturated heterocycles. The number of fused-ring (bicyclic) bond motifs is 5. The Morgan fingerprint density at radius 3 is 2.38 bits per heavy atom. The molecule has 0 aromatic rings. The smallest absolute Gasteiger partial charge is 0.107 e. The second-order valence-corrected chi connectivity index (χ2v) is 11.1. The van der Waals surface area contributed by atoms with E-state index in [0.29, 0.717) is 24.5 Å². The minimum Gasteiger partial charge on any atom is -0.390 e. The normalized spacial score (nSPS) is 55.0. The molecule has 1 aliphatic heterocycles. The molecule has 1 N–H and O–H groups in total. The third-order valence-corrected chi connectivity index (χ3v) is 9.85. The SMILES string of the molecule is C[C@@]1(O)CC[C@H]2[C@H](CC[C@@H]3[C@@H]2CC[C@]2(C)[C@@H](C4(C#N)COC4)CC[C@@H]32)C1. The first kappa shape index (κ1) is 17.5. The second kappa shape index (κ2) is 5.71. The summed E-state index contributed by atoms with van der Waals surface area (Å²) in [5, 5.41) is 20.4. The van der Waals surface area contributed by atoms with E-state index in [9.17, 15) is 10.4 Å². The molecule has 0 aromatic carbocycles. The Balaban J connectivity index is 1.38. The third-order valence-electron chi connectivity index (χ3n) is 9.85. The number of aliphatic hydroxyl groups is 1. The summed E-state index contributed by atoms with van der Waals surface area (Å²) in [5.74, 6) is 4.74. The fourth-order valence-electron chi connectivity index (χ4n) is 8.65. The Kier molecular flexibility index (Phi) is 3.84. The van der Waals surface area contributed by atoms with Crippen LogP contribution >= 0.6 is 0 Å². The van der Waals surface area contributed by atoms with E-state index in [-0.39, 0.29) is 5.41 Å². The van der Waals surface area contributed by atoms with Crippen molar-refractivity contribution in [2.24, 2.45) is 46.3 Å². The lowest BCUT2D eigenvalue weighted by molar-refractivity contribution is -0.155. The summed E-state index contributed by atoms with van der Waals surface area (Å²) in [7, 11) is 0. The third kappa shape index (κ3) is 2.31. The summed E-state index contributed by atoms with van der Waals surface area (Å²) in [4.78, 5) is 0. The summed E-state index contributed by atoms with van der Waals surface area (Å²) in [6, 6.07) is 2.69. The highest BCUT2D eigenvalue weighted by Crippen LogP contribution is 2.67. The van der Waals surface area contributed by atoms with Crippen LogP contribution in [0.25, 0.3) is 0 Å². The van der Waals surface area contributed by atoms with Crippen molar-refractivity contribution in [2.45, 2.75) is 77.2 Å². The summed E-state index contributed by atoms with van der Waals surface area (Å²) in [6.07, 6.45) is 11.2. The van der Waals surface area contributed by atoms with Crippen LogP contribution in [0.4, 0.5) is 0 Å². The van der Waals surface area contributed by atoms with E-state index in [1.54, 1.807) is 0 Å². The van der Waals surface area contributed by atoms with Crippen molar-refractivity contribution in [3.8, 4) is 6.07 Å². The van der Waals surface area contributed by atoms with E-state index in [4.69, 9.17) is 4.74 Å². The lowest BCUT2D eigenvalue weighted by Gasteiger charge is -2.58. The lowest BCUT2D eigenvalue weighted by Crippen LogP contribution is -2.55. The van der Waals surface area contributed by atoms with E-state index in [0.717, 1.165) is 42.4 Å². The topological polar surface area (TPSA) is 53.2 Å². The Bertz CT molecular complexity index is 618. The summed E-state index contributed by atoms with van der Waals surface area (Å²) >= 11 is 0. The average Bonchev–Trinajstić information content (AvgIpc) is 2.91. The molecule has 3 nitrogen and oxygen atoms in total. The fourth-order valence-corrected chi connectivity index (χ4v) is 8.65. The summed E-state index contributed by atoms with van der Waals surface area (Å²) in [6.45, 7) is 5.92. The van der Waals surface area contributed by atoms with Crippen LogP contribution in [-0.4, -0.2) is 23.9 Å². The molecule has 0 amide bonds. The Morgan fingerprint density at radius 1 is 0.923 bits per heavy atom. The molecule has 1 heterocycles. The number of nitrogens with zero attached hydrogens (tertiary/aromatic N) is 1. The molecular weight excluding hydrogens is 322 g/mol. The number of hydrogen-bond acceptors (Lipinski definition) is 3. The van der Waals surface area contributed by atoms with Crippen LogP contribution in [0.2, 0.25) is 0 Å². The maximum Gasteiger partial charge on any atom is 0.107 e. The minimum atomic E-state index is -0.418. The van der Waals surface area contributed by atoms with E-state index in [1.807, 2.05) is 0 Å². The molecule has 4 aliphatic carbocycles. The zero-order valence-electron chi connectivity index (χ0n) is 16.5. The first-order chi connectivity index (χ1) is 12.4. The van der Waals surface area contributed by atoms with E-state index in [2.05, 4.69) is 19.9 Å². The number of ether oxygens (including phenoxy) is 1. The molecule has 0 radical (unpaired) electrons. The summed E-state index contributed by atoms with van der Waals surface area (Å²) < 4.78 is 5.52. The minimum absolute atomic E-state index is 0.183. The zero-order valence-corrected chi connectivity index (χ0v) is 16.5. The first-order valence-electron chi connectivity index (χ1n) is 11.1. The van der Waals surface area contributed by atoms with Crippen LogP contribution in [0.5, 0.6) is 0 Å². The van der Waals surface area contributed by atoms with E-state index >= 15 is 0 Å². The monoisotopic (exact) mass is 357 g/mol. The van der Waals surface area contributed by atoms with Crippen LogP contribution < -0.4 is 0 Å². The highest BCUT2D eigenvalue weighted by atomic mass is 16.5. The van der Waals surface area contributed by atoms with Gasteiger partial charge in [0.15, 0.2) is 0 Å².